The minimum Gasteiger partial charge on any atom is -0.478 e. The van der Waals surface area contributed by atoms with Crippen LogP contribution in [0.15, 0.2) is 61.2 Å². The summed E-state index contributed by atoms with van der Waals surface area (Å²) in [5, 5.41) is 8.31. The van der Waals surface area contributed by atoms with Crippen LogP contribution in [-0.4, -0.2) is 11.1 Å². The number of allylic oxidation sites excluding steroid dienone is 2. The summed E-state index contributed by atoms with van der Waals surface area (Å²) in [6.07, 6.45) is 5.74. The molecule has 0 saturated heterocycles. The van der Waals surface area contributed by atoms with Gasteiger partial charge in [-0.3, -0.25) is 0 Å². The maximum absolute atomic E-state index is 10.1. The fraction of sp³-hybridized carbons (Fsp3) is 0.133. The van der Waals surface area contributed by atoms with Gasteiger partial charge in [-0.2, -0.15) is 0 Å². The molecule has 0 fully saturated rings. The smallest absolute Gasteiger partial charge is 0.330 e. The normalized spacial score (nSPS) is 9.82. The fourth-order valence-electron chi connectivity index (χ4n) is 0.937. The van der Waals surface area contributed by atoms with Gasteiger partial charge in [0.1, 0.15) is 0 Å². The molecular formula is C15H18O2. The van der Waals surface area contributed by atoms with Gasteiger partial charge in [0.25, 0.3) is 0 Å². The van der Waals surface area contributed by atoms with Gasteiger partial charge >= 0.3 is 5.97 Å². The topological polar surface area (TPSA) is 37.3 Å². The molecule has 0 bridgehead atoms. The Kier molecular flexibility index (Phi) is 8.03. The van der Waals surface area contributed by atoms with Gasteiger partial charge in [0.2, 0.25) is 0 Å². The lowest BCUT2D eigenvalue weighted by atomic mass is 10.2. The number of carboxylic acid groups (broad SMARTS) is 1. The number of carboxylic acids is 1. The van der Waals surface area contributed by atoms with Crippen molar-refractivity contribution in [1.29, 1.82) is 0 Å². The molecule has 1 aromatic carbocycles. The van der Waals surface area contributed by atoms with E-state index in [2.05, 4.69) is 13.2 Å². The third-order valence-electron chi connectivity index (χ3n) is 1.96. The molecule has 1 N–H and O–H groups in total. The maximum Gasteiger partial charge on any atom is 0.330 e. The van der Waals surface area contributed by atoms with Gasteiger partial charge in [-0.05, 0) is 18.9 Å². The number of hydrogen-bond donors (Lipinski definition) is 1. The Labute approximate surface area is 103 Å². The largest absolute Gasteiger partial charge is 0.478 e. The second-order valence-corrected chi connectivity index (χ2v) is 3.33. The summed E-state index contributed by atoms with van der Waals surface area (Å²) in [4.78, 5) is 10.1. The van der Waals surface area contributed by atoms with Crippen LogP contribution in [0.4, 0.5) is 0 Å². The highest BCUT2D eigenvalue weighted by atomic mass is 16.4. The molecule has 2 nitrogen and oxygen atoms in total. The molecule has 0 spiro atoms. The van der Waals surface area contributed by atoms with E-state index in [1.54, 1.807) is 19.1 Å². The first-order valence-corrected chi connectivity index (χ1v) is 5.30. The van der Waals surface area contributed by atoms with Crippen molar-refractivity contribution in [2.75, 3.05) is 0 Å². The summed E-state index contributed by atoms with van der Waals surface area (Å²) in [6.45, 7) is 8.65. The van der Waals surface area contributed by atoms with Crippen LogP contribution in [0, 0.1) is 0 Å². The van der Waals surface area contributed by atoms with E-state index in [0.717, 1.165) is 0 Å². The number of hydrogen-bond acceptors (Lipinski definition) is 1. The number of carbonyl (C=O) groups is 1. The van der Waals surface area contributed by atoms with E-state index < -0.39 is 5.97 Å². The second-order valence-electron chi connectivity index (χ2n) is 3.33. The molecule has 0 atom stereocenters. The van der Waals surface area contributed by atoms with E-state index >= 15 is 0 Å². The van der Waals surface area contributed by atoms with Gasteiger partial charge in [-0.1, -0.05) is 55.1 Å². The van der Waals surface area contributed by atoms with E-state index in [0.29, 0.717) is 12.0 Å². The molecule has 0 aliphatic heterocycles. The SMILES string of the molecule is C=CCC=C(C)C(=O)O.C=Cc1ccccc1. The quantitative estimate of drug-likeness (QED) is 0.628. The van der Waals surface area contributed by atoms with Gasteiger partial charge in [-0.25, -0.2) is 4.79 Å². The summed E-state index contributed by atoms with van der Waals surface area (Å²) in [7, 11) is 0. The summed E-state index contributed by atoms with van der Waals surface area (Å²) < 4.78 is 0. The molecule has 90 valence electrons. The van der Waals surface area contributed by atoms with Crippen molar-refractivity contribution in [2.24, 2.45) is 0 Å². The van der Waals surface area contributed by atoms with Crippen LogP contribution in [0.1, 0.15) is 18.9 Å². The third-order valence-corrected chi connectivity index (χ3v) is 1.96. The molecule has 2 heteroatoms. The van der Waals surface area contributed by atoms with E-state index in [1.807, 2.05) is 36.4 Å². The van der Waals surface area contributed by atoms with Crippen molar-refractivity contribution in [3.05, 3.63) is 66.8 Å². The molecule has 0 amide bonds. The van der Waals surface area contributed by atoms with Crippen molar-refractivity contribution < 1.29 is 9.90 Å². The van der Waals surface area contributed by atoms with Gasteiger partial charge < -0.3 is 5.11 Å². The fourth-order valence-corrected chi connectivity index (χ4v) is 0.937. The molecule has 0 aromatic heterocycles. The van der Waals surface area contributed by atoms with Gasteiger partial charge in [0.15, 0.2) is 0 Å². The highest BCUT2D eigenvalue weighted by molar-refractivity contribution is 5.85. The minimum absolute atomic E-state index is 0.370. The minimum atomic E-state index is -0.864. The van der Waals surface area contributed by atoms with Crippen LogP contribution in [-0.2, 0) is 4.79 Å². The Morgan fingerprint density at radius 3 is 2.24 bits per heavy atom. The van der Waals surface area contributed by atoms with Crippen LogP contribution in [0.2, 0.25) is 0 Å². The first-order valence-electron chi connectivity index (χ1n) is 5.30. The molecule has 0 aliphatic carbocycles. The van der Waals surface area contributed by atoms with E-state index in [9.17, 15) is 4.79 Å². The Balaban J connectivity index is 0.000000302. The second kappa shape index (κ2) is 9.16. The highest BCUT2D eigenvalue weighted by Gasteiger charge is 1.95. The number of aliphatic carboxylic acids is 1. The zero-order valence-electron chi connectivity index (χ0n) is 10.1. The predicted molar refractivity (Wildman–Crippen MR) is 72.7 cm³/mol. The summed E-state index contributed by atoms with van der Waals surface area (Å²) >= 11 is 0. The Hall–Kier alpha value is -2.09. The zero-order chi connectivity index (χ0) is 13.1. The lowest BCUT2D eigenvalue weighted by molar-refractivity contribution is -0.132. The highest BCUT2D eigenvalue weighted by Crippen LogP contribution is 1.97. The van der Waals surface area contributed by atoms with Crippen molar-refractivity contribution in [1.82, 2.24) is 0 Å². The standard InChI is InChI=1S/C8H8.C7H10O2/c1-2-8-6-4-3-5-7-8;1-3-4-5-6(2)7(8)9/h2-7H,1H2;3,5H,1,4H2,2H3,(H,8,9). The Morgan fingerprint density at radius 1 is 1.29 bits per heavy atom. The lowest BCUT2D eigenvalue weighted by Crippen LogP contribution is -1.94. The van der Waals surface area contributed by atoms with E-state index in [-0.39, 0.29) is 0 Å². The monoisotopic (exact) mass is 230 g/mol. The van der Waals surface area contributed by atoms with Crippen molar-refractivity contribution in [3.63, 3.8) is 0 Å². The molecule has 17 heavy (non-hydrogen) atoms. The van der Waals surface area contributed by atoms with Gasteiger partial charge in [-0.15, -0.1) is 6.58 Å². The average Bonchev–Trinajstić information content (AvgIpc) is 2.37. The molecular weight excluding hydrogens is 212 g/mol. The van der Waals surface area contributed by atoms with Crippen LogP contribution < -0.4 is 0 Å². The zero-order valence-corrected chi connectivity index (χ0v) is 10.1. The first kappa shape index (κ1) is 14.9. The van der Waals surface area contributed by atoms with Gasteiger partial charge in [0, 0.05) is 5.57 Å². The van der Waals surface area contributed by atoms with E-state index in [4.69, 9.17) is 5.11 Å². The summed E-state index contributed by atoms with van der Waals surface area (Å²) in [5.74, 6) is -0.864. The molecule has 1 rings (SSSR count). The molecule has 0 heterocycles. The Bertz CT molecular complexity index is 389. The van der Waals surface area contributed by atoms with Crippen LogP contribution >= 0.6 is 0 Å². The molecule has 0 radical (unpaired) electrons. The van der Waals surface area contributed by atoms with Crippen molar-refractivity contribution >= 4 is 12.0 Å². The number of rotatable bonds is 4. The lowest BCUT2D eigenvalue weighted by Gasteiger charge is -1.87. The van der Waals surface area contributed by atoms with Crippen LogP contribution in [0.25, 0.3) is 6.08 Å². The predicted octanol–water partition coefficient (Wildman–Crippen LogP) is 3.92. The molecule has 0 saturated carbocycles. The van der Waals surface area contributed by atoms with E-state index in [1.165, 1.54) is 5.56 Å². The van der Waals surface area contributed by atoms with Gasteiger partial charge in [0.05, 0.1) is 0 Å². The van der Waals surface area contributed by atoms with Crippen molar-refractivity contribution in [2.45, 2.75) is 13.3 Å². The van der Waals surface area contributed by atoms with Crippen molar-refractivity contribution in [3.8, 4) is 0 Å². The molecule has 1 aromatic rings. The first-order chi connectivity index (χ1) is 8.11. The molecule has 0 unspecified atom stereocenters. The maximum atomic E-state index is 10.1. The van der Waals surface area contributed by atoms with Crippen LogP contribution in [0.5, 0.6) is 0 Å². The summed E-state index contributed by atoms with van der Waals surface area (Å²) in [6, 6.07) is 10.0. The summed E-state index contributed by atoms with van der Waals surface area (Å²) in [5.41, 5.74) is 1.54. The molecule has 0 aliphatic rings. The Morgan fingerprint density at radius 2 is 1.88 bits per heavy atom. The average molecular weight is 230 g/mol. The third kappa shape index (κ3) is 7.79. The van der Waals surface area contributed by atoms with Crippen LogP contribution in [0.3, 0.4) is 0 Å². The number of benzene rings is 1.